The predicted molar refractivity (Wildman–Crippen MR) is 80.2 cm³/mol. The van der Waals surface area contributed by atoms with E-state index in [1.807, 2.05) is 0 Å². The van der Waals surface area contributed by atoms with Crippen LogP contribution >= 0.6 is 11.8 Å². The zero-order chi connectivity index (χ0) is 12.5. The van der Waals surface area contributed by atoms with Gasteiger partial charge in [-0.3, -0.25) is 4.90 Å². The summed E-state index contributed by atoms with van der Waals surface area (Å²) in [6, 6.07) is 2.38. The summed E-state index contributed by atoms with van der Waals surface area (Å²) in [5.41, 5.74) is 0. The average molecular weight is 268 g/mol. The summed E-state index contributed by atoms with van der Waals surface area (Å²) in [7, 11) is 0. The summed E-state index contributed by atoms with van der Waals surface area (Å²) < 4.78 is 0. The van der Waals surface area contributed by atoms with Crippen molar-refractivity contribution in [1.29, 1.82) is 0 Å². The second-order valence-electron chi connectivity index (χ2n) is 6.52. The van der Waals surface area contributed by atoms with E-state index in [1.165, 1.54) is 51.6 Å². The molecule has 104 valence electrons. The van der Waals surface area contributed by atoms with Crippen LogP contribution in [-0.4, -0.2) is 47.6 Å². The van der Waals surface area contributed by atoms with Crippen LogP contribution < -0.4 is 5.32 Å². The Morgan fingerprint density at radius 3 is 2.61 bits per heavy atom. The van der Waals surface area contributed by atoms with E-state index in [2.05, 4.69) is 35.2 Å². The molecular formula is C15H28N2S. The van der Waals surface area contributed by atoms with Crippen LogP contribution in [0.15, 0.2) is 0 Å². The molecule has 3 fully saturated rings. The molecule has 2 aliphatic carbocycles. The molecule has 0 aromatic heterocycles. The summed E-state index contributed by atoms with van der Waals surface area (Å²) in [6.07, 6.45) is 11.0. The van der Waals surface area contributed by atoms with E-state index in [1.54, 1.807) is 0 Å². The highest BCUT2D eigenvalue weighted by molar-refractivity contribution is 7.99. The summed E-state index contributed by atoms with van der Waals surface area (Å²) >= 11 is 2.11. The topological polar surface area (TPSA) is 15.3 Å². The van der Waals surface area contributed by atoms with Gasteiger partial charge in [-0.15, -0.1) is 0 Å². The van der Waals surface area contributed by atoms with E-state index >= 15 is 0 Å². The van der Waals surface area contributed by atoms with Crippen molar-refractivity contribution in [3.05, 3.63) is 0 Å². The number of hydrogen-bond acceptors (Lipinski definition) is 3. The normalized spacial score (nSPS) is 43.0. The quantitative estimate of drug-likeness (QED) is 0.847. The Kier molecular flexibility index (Phi) is 4.21. The maximum atomic E-state index is 3.78. The van der Waals surface area contributed by atoms with Crippen molar-refractivity contribution in [2.24, 2.45) is 5.92 Å². The van der Waals surface area contributed by atoms with E-state index in [4.69, 9.17) is 0 Å². The Balaban J connectivity index is 1.67. The molecule has 0 amide bonds. The third-order valence-corrected chi connectivity index (χ3v) is 6.39. The Hall–Kier alpha value is 0.270. The van der Waals surface area contributed by atoms with Crippen LogP contribution in [0.5, 0.6) is 0 Å². The molecule has 1 aliphatic heterocycles. The lowest BCUT2D eigenvalue weighted by molar-refractivity contribution is 0.0687. The molecule has 2 nitrogen and oxygen atoms in total. The fourth-order valence-electron chi connectivity index (χ4n) is 3.92. The van der Waals surface area contributed by atoms with Crippen LogP contribution in [0.1, 0.15) is 45.4 Å². The number of nitrogens with one attached hydrogen (secondary N) is 1. The largest absolute Gasteiger partial charge is 0.311 e. The van der Waals surface area contributed by atoms with Gasteiger partial charge >= 0.3 is 0 Å². The molecule has 3 aliphatic rings. The van der Waals surface area contributed by atoms with Gasteiger partial charge in [0.1, 0.15) is 0 Å². The molecule has 0 aromatic carbocycles. The molecule has 0 spiro atoms. The smallest absolute Gasteiger partial charge is 0.0224 e. The molecule has 0 aromatic rings. The molecule has 0 bridgehead atoms. The first-order valence-corrected chi connectivity index (χ1v) is 9.10. The highest BCUT2D eigenvalue weighted by atomic mass is 32.2. The van der Waals surface area contributed by atoms with Crippen molar-refractivity contribution in [3.8, 4) is 0 Å². The minimum Gasteiger partial charge on any atom is -0.311 e. The lowest BCUT2D eigenvalue weighted by Crippen LogP contribution is -2.61. The molecule has 18 heavy (non-hydrogen) atoms. The lowest BCUT2D eigenvalue weighted by Gasteiger charge is -2.47. The fourth-order valence-corrected chi connectivity index (χ4v) is 4.93. The number of piperazine rings is 1. The van der Waals surface area contributed by atoms with Crippen molar-refractivity contribution in [3.63, 3.8) is 0 Å². The first kappa shape index (κ1) is 13.3. The molecule has 1 saturated heterocycles. The Bertz CT molecular complexity index is 280. The highest BCUT2D eigenvalue weighted by Gasteiger charge is 2.40. The minimum atomic E-state index is 0.734. The van der Waals surface area contributed by atoms with Gasteiger partial charge in [0.25, 0.3) is 0 Å². The predicted octanol–water partition coefficient (Wildman–Crippen LogP) is 2.73. The van der Waals surface area contributed by atoms with Crippen molar-refractivity contribution < 1.29 is 0 Å². The van der Waals surface area contributed by atoms with Crippen LogP contribution in [0.3, 0.4) is 0 Å². The molecule has 4 atom stereocenters. The van der Waals surface area contributed by atoms with E-state index in [9.17, 15) is 0 Å². The SMILES string of the molecule is CSC1CCCCC1N1CC(C2CC2)NCC1C. The van der Waals surface area contributed by atoms with Crippen molar-refractivity contribution in [2.45, 2.75) is 68.8 Å². The zero-order valence-electron chi connectivity index (χ0n) is 11.9. The molecule has 2 saturated carbocycles. The van der Waals surface area contributed by atoms with Crippen LogP contribution in [0.25, 0.3) is 0 Å². The first-order valence-electron chi connectivity index (χ1n) is 7.81. The third kappa shape index (κ3) is 2.73. The maximum Gasteiger partial charge on any atom is 0.0224 e. The van der Waals surface area contributed by atoms with Crippen LogP contribution in [-0.2, 0) is 0 Å². The Labute approximate surface area is 116 Å². The molecule has 3 rings (SSSR count). The van der Waals surface area contributed by atoms with Gasteiger partial charge in [-0.05, 0) is 44.8 Å². The molecule has 3 heteroatoms. The van der Waals surface area contributed by atoms with Gasteiger partial charge in [-0.25, -0.2) is 0 Å². The average Bonchev–Trinajstić information content (AvgIpc) is 3.24. The molecular weight excluding hydrogens is 240 g/mol. The summed E-state index contributed by atoms with van der Waals surface area (Å²) in [5, 5.41) is 4.67. The number of rotatable bonds is 3. The standard InChI is InChI=1S/C15H28N2S/c1-11-9-16-13(12-7-8-12)10-17(11)14-5-3-4-6-15(14)18-2/h11-16H,3-10H2,1-2H3. The molecule has 0 radical (unpaired) electrons. The molecule has 4 unspecified atom stereocenters. The molecule has 1 N–H and O–H groups in total. The Morgan fingerprint density at radius 1 is 1.11 bits per heavy atom. The number of hydrogen-bond donors (Lipinski definition) is 1. The minimum absolute atomic E-state index is 0.734. The van der Waals surface area contributed by atoms with E-state index < -0.39 is 0 Å². The summed E-state index contributed by atoms with van der Waals surface area (Å²) in [5.74, 6) is 0.997. The monoisotopic (exact) mass is 268 g/mol. The summed E-state index contributed by atoms with van der Waals surface area (Å²) in [4.78, 5) is 2.86. The van der Waals surface area contributed by atoms with Gasteiger partial charge in [0.05, 0.1) is 0 Å². The number of thioether (sulfide) groups is 1. The molecule has 1 heterocycles. The van der Waals surface area contributed by atoms with E-state index in [0.29, 0.717) is 0 Å². The van der Waals surface area contributed by atoms with Gasteiger partial charge in [0, 0.05) is 36.5 Å². The Morgan fingerprint density at radius 2 is 1.89 bits per heavy atom. The van der Waals surface area contributed by atoms with Crippen LogP contribution in [0, 0.1) is 5.92 Å². The van der Waals surface area contributed by atoms with Gasteiger partial charge in [0.15, 0.2) is 0 Å². The first-order chi connectivity index (χ1) is 8.79. The van der Waals surface area contributed by atoms with E-state index in [-0.39, 0.29) is 0 Å². The van der Waals surface area contributed by atoms with Gasteiger partial charge in [0.2, 0.25) is 0 Å². The second kappa shape index (κ2) is 5.72. The fraction of sp³-hybridized carbons (Fsp3) is 1.00. The van der Waals surface area contributed by atoms with Gasteiger partial charge < -0.3 is 5.32 Å². The van der Waals surface area contributed by atoms with Gasteiger partial charge in [-0.1, -0.05) is 12.8 Å². The summed E-state index contributed by atoms with van der Waals surface area (Å²) in [6.45, 7) is 4.94. The van der Waals surface area contributed by atoms with E-state index in [0.717, 1.165) is 29.3 Å². The second-order valence-corrected chi connectivity index (χ2v) is 7.60. The maximum absolute atomic E-state index is 3.78. The lowest BCUT2D eigenvalue weighted by atomic mass is 9.91. The van der Waals surface area contributed by atoms with Crippen molar-refractivity contribution in [1.82, 2.24) is 10.2 Å². The third-order valence-electron chi connectivity index (χ3n) is 5.24. The van der Waals surface area contributed by atoms with Crippen LogP contribution in [0.4, 0.5) is 0 Å². The highest BCUT2D eigenvalue weighted by Crippen LogP contribution is 2.37. The van der Waals surface area contributed by atoms with Gasteiger partial charge in [-0.2, -0.15) is 11.8 Å². The van der Waals surface area contributed by atoms with Crippen molar-refractivity contribution in [2.75, 3.05) is 19.3 Å². The zero-order valence-corrected chi connectivity index (χ0v) is 12.7. The van der Waals surface area contributed by atoms with Crippen LogP contribution in [0.2, 0.25) is 0 Å². The number of nitrogens with zero attached hydrogens (tertiary/aromatic N) is 1. The van der Waals surface area contributed by atoms with Crippen molar-refractivity contribution >= 4 is 11.8 Å².